The number of carbonyl (C=O) groups excluding carboxylic acids is 1. The number of hydrogen-bond acceptors (Lipinski definition) is 2. The van der Waals surface area contributed by atoms with Gasteiger partial charge in [-0.2, -0.15) is 0 Å². The molecule has 2 saturated heterocycles. The summed E-state index contributed by atoms with van der Waals surface area (Å²) in [6, 6.07) is 0.367. The molecular formula is C10H17NO2. The quantitative estimate of drug-likeness (QED) is 0.607. The summed E-state index contributed by atoms with van der Waals surface area (Å²) in [5.74, 6) is 0.859. The first-order valence-corrected chi connectivity index (χ1v) is 5.14. The van der Waals surface area contributed by atoms with Crippen LogP contribution in [0.5, 0.6) is 0 Å². The van der Waals surface area contributed by atoms with E-state index in [0.717, 1.165) is 39.0 Å². The molecule has 1 unspecified atom stereocenters. The van der Waals surface area contributed by atoms with Gasteiger partial charge in [-0.3, -0.25) is 4.79 Å². The van der Waals surface area contributed by atoms with Gasteiger partial charge < -0.3 is 9.64 Å². The van der Waals surface area contributed by atoms with Gasteiger partial charge in [-0.1, -0.05) is 6.92 Å². The molecule has 2 atom stereocenters. The molecule has 2 fully saturated rings. The molecule has 0 aromatic carbocycles. The van der Waals surface area contributed by atoms with Crippen LogP contribution in [0.3, 0.4) is 0 Å². The Bertz CT molecular complexity index is 199. The zero-order chi connectivity index (χ0) is 9.26. The normalized spacial score (nSPS) is 35.5. The third-order valence-electron chi connectivity index (χ3n) is 2.93. The number of nitrogens with zero attached hydrogens (tertiary/aromatic N) is 1. The maximum absolute atomic E-state index is 11.6. The predicted molar refractivity (Wildman–Crippen MR) is 49.3 cm³/mol. The van der Waals surface area contributed by atoms with Crippen molar-refractivity contribution in [3.8, 4) is 0 Å². The Kier molecular flexibility index (Phi) is 2.54. The van der Waals surface area contributed by atoms with E-state index in [0.29, 0.717) is 17.9 Å². The molecule has 0 aliphatic carbocycles. The summed E-state index contributed by atoms with van der Waals surface area (Å²) >= 11 is 0. The van der Waals surface area contributed by atoms with Crippen molar-refractivity contribution in [2.24, 2.45) is 5.92 Å². The Balaban J connectivity index is 1.95. The highest BCUT2D eigenvalue weighted by Crippen LogP contribution is 2.23. The van der Waals surface area contributed by atoms with Gasteiger partial charge in [0.15, 0.2) is 0 Å². The molecule has 2 aliphatic heterocycles. The molecule has 2 rings (SSSR count). The van der Waals surface area contributed by atoms with Crippen LogP contribution in [-0.2, 0) is 9.53 Å². The highest BCUT2D eigenvalue weighted by Gasteiger charge is 2.32. The van der Waals surface area contributed by atoms with Crippen LogP contribution in [0.1, 0.15) is 26.2 Å². The average Bonchev–Trinajstić information content (AvgIpc) is 2.47. The van der Waals surface area contributed by atoms with Crippen LogP contribution in [-0.4, -0.2) is 36.6 Å². The summed E-state index contributed by atoms with van der Waals surface area (Å²) in [5, 5.41) is 0. The van der Waals surface area contributed by atoms with Crippen molar-refractivity contribution in [1.82, 2.24) is 4.90 Å². The molecule has 3 heteroatoms. The second-order valence-corrected chi connectivity index (χ2v) is 4.23. The van der Waals surface area contributed by atoms with Gasteiger partial charge in [-0.15, -0.1) is 0 Å². The summed E-state index contributed by atoms with van der Waals surface area (Å²) < 4.78 is 5.38. The minimum Gasteiger partial charge on any atom is -0.379 e. The fraction of sp³-hybridized carbons (Fsp3) is 0.900. The highest BCUT2D eigenvalue weighted by molar-refractivity contribution is 5.78. The third-order valence-corrected chi connectivity index (χ3v) is 2.93. The molecule has 0 N–H and O–H groups in total. The molecule has 2 heterocycles. The van der Waals surface area contributed by atoms with E-state index >= 15 is 0 Å². The lowest BCUT2D eigenvalue weighted by molar-refractivity contribution is -0.132. The maximum Gasteiger partial charge on any atom is 0.223 e. The molecular weight excluding hydrogens is 166 g/mol. The number of ether oxygens (including phenoxy) is 1. The Morgan fingerprint density at radius 2 is 2.38 bits per heavy atom. The van der Waals surface area contributed by atoms with E-state index < -0.39 is 0 Å². The van der Waals surface area contributed by atoms with Crippen LogP contribution in [0.2, 0.25) is 0 Å². The van der Waals surface area contributed by atoms with Crippen LogP contribution in [0.4, 0.5) is 0 Å². The lowest BCUT2D eigenvalue weighted by atomic mass is 10.1. The molecule has 13 heavy (non-hydrogen) atoms. The van der Waals surface area contributed by atoms with Gasteiger partial charge in [0.1, 0.15) is 0 Å². The van der Waals surface area contributed by atoms with Gasteiger partial charge in [0, 0.05) is 19.6 Å². The lowest BCUT2D eigenvalue weighted by Crippen LogP contribution is -2.41. The lowest BCUT2D eigenvalue weighted by Gasteiger charge is -2.31. The Morgan fingerprint density at radius 3 is 2.92 bits per heavy atom. The Labute approximate surface area is 79.0 Å². The van der Waals surface area contributed by atoms with Crippen LogP contribution >= 0.6 is 0 Å². The zero-order valence-electron chi connectivity index (χ0n) is 8.16. The standard InChI is InChI=1S/C10H17NO2/c1-8-5-10(12)11(6-8)9-3-2-4-13-7-9/h8-9H,2-7H2,1H3/t8?,9-/m0/s1. The van der Waals surface area contributed by atoms with E-state index in [4.69, 9.17) is 4.74 Å². The van der Waals surface area contributed by atoms with Crippen LogP contribution in [0.15, 0.2) is 0 Å². The number of carbonyl (C=O) groups is 1. The maximum atomic E-state index is 11.6. The van der Waals surface area contributed by atoms with E-state index in [1.54, 1.807) is 0 Å². The van der Waals surface area contributed by atoms with Crippen molar-refractivity contribution in [3.63, 3.8) is 0 Å². The first-order valence-electron chi connectivity index (χ1n) is 5.14. The van der Waals surface area contributed by atoms with Gasteiger partial charge in [-0.25, -0.2) is 0 Å². The monoisotopic (exact) mass is 183 g/mol. The highest BCUT2D eigenvalue weighted by atomic mass is 16.5. The zero-order valence-corrected chi connectivity index (χ0v) is 8.16. The van der Waals surface area contributed by atoms with E-state index in [9.17, 15) is 4.79 Å². The molecule has 0 aromatic heterocycles. The summed E-state index contributed by atoms with van der Waals surface area (Å²) in [6.45, 7) is 4.70. The number of amides is 1. The van der Waals surface area contributed by atoms with Crippen molar-refractivity contribution < 1.29 is 9.53 Å². The summed E-state index contributed by atoms with van der Waals surface area (Å²) in [4.78, 5) is 13.6. The molecule has 2 aliphatic rings. The molecule has 0 bridgehead atoms. The minimum absolute atomic E-state index is 0.322. The molecule has 0 spiro atoms. The average molecular weight is 183 g/mol. The smallest absolute Gasteiger partial charge is 0.223 e. The van der Waals surface area contributed by atoms with E-state index in [-0.39, 0.29) is 0 Å². The molecule has 0 saturated carbocycles. The van der Waals surface area contributed by atoms with Crippen molar-refractivity contribution >= 4 is 5.91 Å². The van der Waals surface area contributed by atoms with E-state index in [1.165, 1.54) is 0 Å². The van der Waals surface area contributed by atoms with E-state index in [1.807, 2.05) is 4.90 Å². The van der Waals surface area contributed by atoms with Crippen molar-refractivity contribution in [1.29, 1.82) is 0 Å². The second kappa shape index (κ2) is 3.66. The largest absolute Gasteiger partial charge is 0.379 e. The SMILES string of the molecule is CC1CC(=O)N([C@H]2CCCOC2)C1. The van der Waals surface area contributed by atoms with Gasteiger partial charge >= 0.3 is 0 Å². The molecule has 74 valence electrons. The number of rotatable bonds is 1. The molecule has 0 aromatic rings. The summed E-state index contributed by atoms with van der Waals surface area (Å²) in [5.41, 5.74) is 0. The fourth-order valence-corrected chi connectivity index (χ4v) is 2.24. The van der Waals surface area contributed by atoms with Crippen molar-refractivity contribution in [2.75, 3.05) is 19.8 Å². The van der Waals surface area contributed by atoms with E-state index in [2.05, 4.69) is 6.92 Å². The fourth-order valence-electron chi connectivity index (χ4n) is 2.24. The number of hydrogen-bond donors (Lipinski definition) is 0. The molecule has 0 radical (unpaired) electrons. The topological polar surface area (TPSA) is 29.5 Å². The van der Waals surface area contributed by atoms with Crippen LogP contribution in [0, 0.1) is 5.92 Å². The predicted octanol–water partition coefficient (Wildman–Crippen LogP) is 1.03. The number of likely N-dealkylation sites (tertiary alicyclic amines) is 1. The second-order valence-electron chi connectivity index (χ2n) is 4.23. The Morgan fingerprint density at radius 1 is 1.54 bits per heavy atom. The molecule has 1 amide bonds. The van der Waals surface area contributed by atoms with Crippen LogP contribution in [0.25, 0.3) is 0 Å². The van der Waals surface area contributed by atoms with Crippen molar-refractivity contribution in [3.05, 3.63) is 0 Å². The summed E-state index contributed by atoms with van der Waals surface area (Å²) in [7, 11) is 0. The minimum atomic E-state index is 0.322. The van der Waals surface area contributed by atoms with Gasteiger partial charge in [-0.05, 0) is 18.8 Å². The first kappa shape index (κ1) is 9.00. The van der Waals surface area contributed by atoms with Crippen LogP contribution < -0.4 is 0 Å². The van der Waals surface area contributed by atoms with Gasteiger partial charge in [0.05, 0.1) is 12.6 Å². The summed E-state index contributed by atoms with van der Waals surface area (Å²) in [6.07, 6.45) is 2.96. The molecule has 3 nitrogen and oxygen atoms in total. The van der Waals surface area contributed by atoms with Gasteiger partial charge in [0.25, 0.3) is 0 Å². The first-order chi connectivity index (χ1) is 6.27. The van der Waals surface area contributed by atoms with Gasteiger partial charge in [0.2, 0.25) is 5.91 Å². The van der Waals surface area contributed by atoms with Crippen molar-refractivity contribution in [2.45, 2.75) is 32.2 Å². The Hall–Kier alpha value is -0.570. The third kappa shape index (κ3) is 1.85.